The van der Waals surface area contributed by atoms with E-state index in [-0.39, 0.29) is 10.1 Å². The van der Waals surface area contributed by atoms with Crippen molar-refractivity contribution in [2.75, 3.05) is 5.32 Å². The average Bonchev–Trinajstić information content (AvgIpc) is 2.52. The van der Waals surface area contributed by atoms with E-state index in [1.165, 1.54) is 6.92 Å². The van der Waals surface area contributed by atoms with Gasteiger partial charge in [0.05, 0.1) is 4.92 Å². The minimum absolute atomic E-state index is 0.120. The van der Waals surface area contributed by atoms with E-state index in [0.717, 1.165) is 17.5 Å². The number of carbonyl (C=O) groups is 1. The zero-order valence-corrected chi connectivity index (χ0v) is 7.95. The van der Waals surface area contributed by atoms with Crippen LogP contribution in [0, 0.1) is 10.1 Å². The minimum Gasteiger partial charge on any atom is -0.480 e. The largest absolute Gasteiger partial charge is 0.480 e. The van der Waals surface area contributed by atoms with Crippen molar-refractivity contribution in [2.24, 2.45) is 0 Å². The average molecular weight is 217 g/mol. The fourth-order valence-corrected chi connectivity index (χ4v) is 1.38. The van der Waals surface area contributed by atoms with E-state index in [1.807, 2.05) is 0 Å². The molecule has 1 rings (SSSR count). The molecule has 14 heavy (non-hydrogen) atoms. The molecule has 0 spiro atoms. The number of hydrogen-bond donors (Lipinski definition) is 2. The molecule has 76 valence electrons. The molecular weight excluding hydrogens is 210 g/mol. The second kappa shape index (κ2) is 4.01. The highest BCUT2D eigenvalue weighted by atomic mass is 32.1. The Morgan fingerprint density at radius 3 is 2.93 bits per heavy atom. The van der Waals surface area contributed by atoms with E-state index in [1.54, 1.807) is 0 Å². The predicted octanol–water partition coefficient (Wildman–Crippen LogP) is 0.936. The summed E-state index contributed by atoms with van der Waals surface area (Å²) in [5.41, 5.74) is 0. The van der Waals surface area contributed by atoms with Gasteiger partial charge in [-0.1, -0.05) is 0 Å². The highest BCUT2D eigenvalue weighted by molar-refractivity contribution is 7.18. The number of thiazole rings is 1. The molecule has 0 aliphatic heterocycles. The van der Waals surface area contributed by atoms with Crippen LogP contribution in [0.3, 0.4) is 0 Å². The number of nitrogens with zero attached hydrogens (tertiary/aromatic N) is 2. The van der Waals surface area contributed by atoms with Crippen molar-refractivity contribution >= 4 is 27.4 Å². The number of carboxylic acids is 1. The van der Waals surface area contributed by atoms with E-state index < -0.39 is 16.9 Å². The van der Waals surface area contributed by atoms with Crippen LogP contribution >= 0.6 is 11.3 Å². The molecule has 0 fully saturated rings. The molecule has 1 heterocycles. The van der Waals surface area contributed by atoms with Gasteiger partial charge >= 0.3 is 11.0 Å². The zero-order chi connectivity index (χ0) is 10.7. The number of rotatable bonds is 4. The first-order chi connectivity index (χ1) is 6.50. The Hall–Kier alpha value is -1.70. The third-order valence-electron chi connectivity index (χ3n) is 1.38. The van der Waals surface area contributed by atoms with Gasteiger partial charge in [-0.2, -0.15) is 0 Å². The van der Waals surface area contributed by atoms with Crippen LogP contribution in [0.4, 0.5) is 10.1 Å². The summed E-state index contributed by atoms with van der Waals surface area (Å²) in [5, 5.41) is 21.4. The van der Waals surface area contributed by atoms with Gasteiger partial charge in [-0.25, -0.2) is 4.98 Å². The lowest BCUT2D eigenvalue weighted by molar-refractivity contribution is -0.380. The molecule has 0 bridgehead atoms. The van der Waals surface area contributed by atoms with Crippen LogP contribution in [0.25, 0.3) is 0 Å². The maximum atomic E-state index is 10.4. The van der Waals surface area contributed by atoms with Gasteiger partial charge < -0.3 is 10.4 Å². The van der Waals surface area contributed by atoms with Crippen molar-refractivity contribution < 1.29 is 14.8 Å². The number of carboxylic acid groups (broad SMARTS) is 1. The Kier molecular flexibility index (Phi) is 2.97. The lowest BCUT2D eigenvalue weighted by Gasteiger charge is -2.05. The molecule has 2 N–H and O–H groups in total. The molecule has 0 saturated carbocycles. The standard InChI is InChI=1S/C6H7N3O4S/c1-3(5(10)11)8-6-7-2-4(14-6)9(12)13/h2-3H,1H3,(H,7,8)(H,10,11)/t3-/m1/s1. The van der Waals surface area contributed by atoms with E-state index in [9.17, 15) is 14.9 Å². The third-order valence-corrected chi connectivity index (χ3v) is 2.26. The molecule has 0 aliphatic rings. The third kappa shape index (κ3) is 2.39. The van der Waals surface area contributed by atoms with Crippen molar-refractivity contribution in [3.05, 3.63) is 16.3 Å². The van der Waals surface area contributed by atoms with E-state index in [4.69, 9.17) is 5.11 Å². The fourth-order valence-electron chi connectivity index (χ4n) is 0.664. The molecule has 1 aromatic heterocycles. The molecule has 7 nitrogen and oxygen atoms in total. The maximum absolute atomic E-state index is 10.4. The zero-order valence-electron chi connectivity index (χ0n) is 7.13. The van der Waals surface area contributed by atoms with Gasteiger partial charge in [0.2, 0.25) is 0 Å². The van der Waals surface area contributed by atoms with Crippen LogP contribution in [0.1, 0.15) is 6.92 Å². The molecule has 0 radical (unpaired) electrons. The van der Waals surface area contributed by atoms with Crippen LogP contribution < -0.4 is 5.32 Å². The van der Waals surface area contributed by atoms with Gasteiger partial charge in [0.15, 0.2) is 5.13 Å². The van der Waals surface area contributed by atoms with Crippen molar-refractivity contribution in [3.63, 3.8) is 0 Å². The highest BCUT2D eigenvalue weighted by Gasteiger charge is 2.15. The van der Waals surface area contributed by atoms with Gasteiger partial charge in [-0.15, -0.1) is 0 Å². The molecule has 0 saturated heterocycles. The van der Waals surface area contributed by atoms with Crippen molar-refractivity contribution in [1.82, 2.24) is 4.98 Å². The summed E-state index contributed by atoms with van der Waals surface area (Å²) in [6, 6.07) is -0.819. The van der Waals surface area contributed by atoms with Gasteiger partial charge in [0, 0.05) is 0 Å². The molecule has 0 aromatic carbocycles. The molecule has 8 heteroatoms. The number of anilines is 1. The minimum atomic E-state index is -1.04. The van der Waals surface area contributed by atoms with Crippen LogP contribution in [0.5, 0.6) is 0 Å². The van der Waals surface area contributed by atoms with Gasteiger partial charge in [-0.05, 0) is 18.3 Å². The fraction of sp³-hybridized carbons (Fsp3) is 0.333. The number of nitro groups is 1. The SMILES string of the molecule is C[C@@H](Nc1ncc([N+](=O)[O-])s1)C(=O)O. The summed E-state index contributed by atoms with van der Waals surface area (Å²) < 4.78 is 0. The quantitative estimate of drug-likeness (QED) is 0.574. The number of hydrogen-bond acceptors (Lipinski definition) is 6. The van der Waals surface area contributed by atoms with E-state index in [0.29, 0.717) is 0 Å². The van der Waals surface area contributed by atoms with Crippen molar-refractivity contribution in [1.29, 1.82) is 0 Å². The molecule has 1 atom stereocenters. The summed E-state index contributed by atoms with van der Waals surface area (Å²) in [5.74, 6) is -1.04. The van der Waals surface area contributed by atoms with Crippen molar-refractivity contribution in [3.8, 4) is 0 Å². The normalized spacial score (nSPS) is 12.1. The number of aromatic nitrogens is 1. The Bertz CT molecular complexity index is 364. The Morgan fingerprint density at radius 1 is 1.86 bits per heavy atom. The lowest BCUT2D eigenvalue weighted by atomic mass is 10.4. The summed E-state index contributed by atoms with van der Waals surface area (Å²) in [6.45, 7) is 1.43. The topological polar surface area (TPSA) is 105 Å². The highest BCUT2D eigenvalue weighted by Crippen LogP contribution is 2.25. The molecule has 1 aromatic rings. The second-order valence-electron chi connectivity index (χ2n) is 2.47. The van der Waals surface area contributed by atoms with Gasteiger partial charge in [0.25, 0.3) is 0 Å². The first-order valence-corrected chi connectivity index (χ1v) is 4.42. The van der Waals surface area contributed by atoms with E-state index >= 15 is 0 Å². The Morgan fingerprint density at radius 2 is 2.50 bits per heavy atom. The predicted molar refractivity (Wildman–Crippen MR) is 49.5 cm³/mol. The summed E-state index contributed by atoms with van der Waals surface area (Å²) >= 11 is 0.802. The summed E-state index contributed by atoms with van der Waals surface area (Å²) in [6.07, 6.45) is 1.08. The molecule has 0 unspecified atom stereocenters. The van der Waals surface area contributed by atoms with E-state index in [2.05, 4.69) is 10.3 Å². The smallest absolute Gasteiger partial charge is 0.345 e. The lowest BCUT2D eigenvalue weighted by Crippen LogP contribution is -2.25. The Labute approximate surface area is 82.5 Å². The van der Waals surface area contributed by atoms with Gasteiger partial charge in [-0.3, -0.25) is 14.9 Å². The first kappa shape index (κ1) is 10.4. The van der Waals surface area contributed by atoms with Crippen molar-refractivity contribution in [2.45, 2.75) is 13.0 Å². The molecular formula is C6H7N3O4S. The number of aliphatic carboxylic acids is 1. The monoisotopic (exact) mass is 217 g/mol. The molecule has 0 aliphatic carbocycles. The first-order valence-electron chi connectivity index (χ1n) is 3.60. The Balaban J connectivity index is 2.69. The summed E-state index contributed by atoms with van der Waals surface area (Å²) in [4.78, 5) is 23.8. The van der Waals surface area contributed by atoms with Crippen LogP contribution in [-0.4, -0.2) is 27.0 Å². The van der Waals surface area contributed by atoms with Crippen LogP contribution in [-0.2, 0) is 4.79 Å². The summed E-state index contributed by atoms with van der Waals surface area (Å²) in [7, 11) is 0. The second-order valence-corrected chi connectivity index (χ2v) is 3.47. The van der Waals surface area contributed by atoms with Crippen LogP contribution in [0.2, 0.25) is 0 Å². The van der Waals surface area contributed by atoms with Crippen LogP contribution in [0.15, 0.2) is 6.20 Å². The molecule has 0 amide bonds. The maximum Gasteiger partial charge on any atom is 0.345 e. The number of nitrogens with one attached hydrogen (secondary N) is 1. The van der Waals surface area contributed by atoms with Gasteiger partial charge in [0.1, 0.15) is 12.2 Å².